The zero-order valence-corrected chi connectivity index (χ0v) is 13.5. The fraction of sp³-hybridized carbons (Fsp3) is 0. The number of rotatable bonds is 2. The summed E-state index contributed by atoms with van der Waals surface area (Å²) in [7, 11) is 2.48. The molecule has 0 aliphatic rings. The Bertz CT molecular complexity index is 767. The maximum absolute atomic E-state index is 12.2. The van der Waals surface area contributed by atoms with Gasteiger partial charge in [-0.1, -0.05) is 23.2 Å². The van der Waals surface area contributed by atoms with E-state index in [0.717, 1.165) is 0 Å². The van der Waals surface area contributed by atoms with Gasteiger partial charge in [0.05, 0.1) is 4.90 Å². The fourth-order valence-electron chi connectivity index (χ4n) is 1.44. The molecule has 2 aromatic carbocycles. The van der Waals surface area contributed by atoms with Crippen LogP contribution in [0.5, 0.6) is 0 Å². The smallest absolute Gasteiger partial charge is 0.306 e. The summed E-state index contributed by atoms with van der Waals surface area (Å²) < 4.78 is 15.7. The summed E-state index contributed by atoms with van der Waals surface area (Å²) in [4.78, 5) is 12.0. The number of carbonyl (C=O) groups excluding carboxylic acids is 1. The largest absolute Gasteiger partial charge is 0.354 e. The molecule has 0 radical (unpaired) electrons. The van der Waals surface area contributed by atoms with Crippen molar-refractivity contribution in [3.63, 3.8) is 0 Å². The molecule has 110 valence electrons. The zero-order chi connectivity index (χ0) is 15.5. The number of nitrogens with zero attached hydrogens (tertiary/aromatic N) is 1. The lowest BCUT2D eigenvalue weighted by molar-refractivity contribution is 0.260. The highest BCUT2D eigenvalue weighted by Crippen LogP contribution is 2.21. The number of amides is 2. The van der Waals surface area contributed by atoms with Crippen molar-refractivity contribution in [1.82, 2.24) is 0 Å². The number of anilines is 1. The molecule has 0 bridgehead atoms. The van der Waals surface area contributed by atoms with Crippen LogP contribution < -0.4 is 5.32 Å². The third-order valence-corrected chi connectivity index (χ3v) is 4.90. The summed E-state index contributed by atoms with van der Waals surface area (Å²) in [6.45, 7) is 0. The Morgan fingerprint density at radius 3 is 1.95 bits per heavy atom. The van der Waals surface area contributed by atoms with Gasteiger partial charge in [0.25, 0.3) is 0 Å². The second-order valence-electron chi connectivity index (χ2n) is 3.94. The van der Waals surface area contributed by atoms with Crippen LogP contribution in [0.3, 0.4) is 0 Å². The minimum absolute atomic E-state index is 0.208. The van der Waals surface area contributed by atoms with Crippen molar-refractivity contribution >= 4 is 54.5 Å². The number of nitrogens with one attached hydrogen (secondary N) is 1. The topological polar surface area (TPSA) is 58.5 Å². The summed E-state index contributed by atoms with van der Waals surface area (Å²) in [5.74, 6) is 0. The van der Waals surface area contributed by atoms with Gasteiger partial charge in [-0.3, -0.25) is 0 Å². The average molecular weight is 364 g/mol. The van der Waals surface area contributed by atoms with E-state index in [1.807, 2.05) is 0 Å². The first-order chi connectivity index (χ1) is 9.87. The van der Waals surface area contributed by atoms with Crippen LogP contribution in [0.2, 0.25) is 10.0 Å². The van der Waals surface area contributed by atoms with Gasteiger partial charge in [0.1, 0.15) is 0 Å². The zero-order valence-electron chi connectivity index (χ0n) is 10.4. The molecule has 0 fully saturated rings. The van der Waals surface area contributed by atoms with E-state index >= 15 is 0 Å². The minimum Gasteiger partial charge on any atom is -0.306 e. The number of hydrogen-bond acceptors (Lipinski definition) is 2. The quantitative estimate of drug-likeness (QED) is 0.745. The number of carbonyl (C=O) groups is 1. The van der Waals surface area contributed by atoms with Gasteiger partial charge in [0, 0.05) is 26.4 Å². The SMILES string of the molecule is O=C(N=S(=O)(Cl)c1ccc(Cl)cc1)Nc1ccc(Cl)cc1. The van der Waals surface area contributed by atoms with Crippen LogP contribution in [-0.2, 0) is 8.94 Å². The van der Waals surface area contributed by atoms with Crippen molar-refractivity contribution in [2.45, 2.75) is 4.90 Å². The van der Waals surface area contributed by atoms with Crippen LogP contribution in [-0.4, -0.2) is 10.2 Å². The molecule has 1 N–H and O–H groups in total. The van der Waals surface area contributed by atoms with Gasteiger partial charge >= 0.3 is 6.03 Å². The van der Waals surface area contributed by atoms with Crippen molar-refractivity contribution in [3.8, 4) is 0 Å². The Hall–Kier alpha value is -1.27. The molecule has 4 nitrogen and oxygen atoms in total. The van der Waals surface area contributed by atoms with Crippen LogP contribution in [0.15, 0.2) is 57.8 Å². The second kappa shape index (κ2) is 6.66. The van der Waals surface area contributed by atoms with Crippen molar-refractivity contribution in [1.29, 1.82) is 0 Å². The Morgan fingerprint density at radius 2 is 1.43 bits per heavy atom. The van der Waals surface area contributed by atoms with Gasteiger partial charge < -0.3 is 5.32 Å². The molecule has 0 aliphatic heterocycles. The Morgan fingerprint density at radius 1 is 0.952 bits per heavy atom. The van der Waals surface area contributed by atoms with Gasteiger partial charge in [-0.05, 0) is 48.5 Å². The molecule has 0 heterocycles. The standard InChI is InChI=1S/C13H9Cl3N2O2S/c14-9-1-5-11(6-2-9)17-13(19)18-21(16,20)12-7-3-10(15)4-8-12/h1-8H,(H,17,19). The first-order valence-electron chi connectivity index (χ1n) is 5.66. The Kier molecular flexibility index (Phi) is 5.11. The first kappa shape index (κ1) is 16.1. The first-order valence-corrected chi connectivity index (χ1v) is 8.75. The van der Waals surface area contributed by atoms with E-state index in [1.165, 1.54) is 24.3 Å². The van der Waals surface area contributed by atoms with Crippen molar-refractivity contribution in [2.24, 2.45) is 4.36 Å². The minimum atomic E-state index is -3.35. The van der Waals surface area contributed by atoms with E-state index in [4.69, 9.17) is 33.9 Å². The molecule has 0 aromatic heterocycles. The highest BCUT2D eigenvalue weighted by atomic mass is 35.7. The van der Waals surface area contributed by atoms with E-state index < -0.39 is 15.0 Å². The van der Waals surface area contributed by atoms with E-state index in [-0.39, 0.29) is 4.90 Å². The highest BCUT2D eigenvalue weighted by Gasteiger charge is 2.12. The summed E-state index contributed by atoms with van der Waals surface area (Å²) in [6.07, 6.45) is 0. The monoisotopic (exact) mass is 362 g/mol. The molecule has 0 aliphatic carbocycles. The van der Waals surface area contributed by atoms with Crippen molar-refractivity contribution in [3.05, 3.63) is 58.6 Å². The lowest BCUT2D eigenvalue weighted by Gasteiger charge is -2.04. The predicted octanol–water partition coefficient (Wildman–Crippen LogP) is 5.21. The molecular formula is C13H9Cl3N2O2S. The van der Waals surface area contributed by atoms with E-state index in [2.05, 4.69) is 9.68 Å². The molecule has 0 saturated carbocycles. The fourth-order valence-corrected chi connectivity index (χ4v) is 3.03. The van der Waals surface area contributed by atoms with Gasteiger partial charge in [-0.25, -0.2) is 9.00 Å². The maximum atomic E-state index is 12.2. The molecule has 8 heteroatoms. The molecule has 0 saturated heterocycles. The third kappa shape index (κ3) is 4.61. The molecule has 0 spiro atoms. The summed E-state index contributed by atoms with van der Waals surface area (Å²) in [5.41, 5.74) is 0.469. The Labute approximate surface area is 136 Å². The van der Waals surface area contributed by atoms with Crippen molar-refractivity contribution < 1.29 is 9.00 Å². The molecular weight excluding hydrogens is 355 g/mol. The second-order valence-corrected chi connectivity index (χ2v) is 7.64. The lowest BCUT2D eigenvalue weighted by atomic mass is 10.3. The summed E-state index contributed by atoms with van der Waals surface area (Å²) in [6, 6.07) is 11.5. The van der Waals surface area contributed by atoms with Gasteiger partial charge in [0.2, 0.25) is 0 Å². The van der Waals surface area contributed by atoms with Gasteiger partial charge in [-0.2, -0.15) is 0 Å². The molecule has 1 atom stereocenters. The van der Waals surface area contributed by atoms with Crippen LogP contribution >= 0.6 is 33.9 Å². The summed E-state index contributed by atoms with van der Waals surface area (Å²) >= 11 is 11.5. The maximum Gasteiger partial charge on any atom is 0.354 e. The summed E-state index contributed by atoms with van der Waals surface area (Å²) in [5, 5.41) is 3.46. The predicted molar refractivity (Wildman–Crippen MR) is 86.6 cm³/mol. The van der Waals surface area contributed by atoms with E-state index in [9.17, 15) is 9.00 Å². The van der Waals surface area contributed by atoms with Crippen LogP contribution in [0.25, 0.3) is 0 Å². The average Bonchev–Trinajstić information content (AvgIpc) is 2.41. The van der Waals surface area contributed by atoms with E-state index in [1.54, 1.807) is 24.3 Å². The third-order valence-electron chi connectivity index (χ3n) is 2.40. The Balaban J connectivity index is 2.21. The van der Waals surface area contributed by atoms with Crippen LogP contribution in [0.1, 0.15) is 0 Å². The lowest BCUT2D eigenvalue weighted by Crippen LogP contribution is -2.08. The molecule has 2 amide bonds. The van der Waals surface area contributed by atoms with Crippen molar-refractivity contribution in [2.75, 3.05) is 5.32 Å². The molecule has 2 aromatic rings. The van der Waals surface area contributed by atoms with Crippen LogP contribution in [0.4, 0.5) is 10.5 Å². The van der Waals surface area contributed by atoms with Crippen LogP contribution in [0, 0.1) is 0 Å². The normalized spacial score (nSPS) is 13.3. The number of halogens is 3. The number of hydrogen-bond donors (Lipinski definition) is 1. The van der Waals surface area contributed by atoms with Gasteiger partial charge in [-0.15, -0.1) is 4.36 Å². The van der Waals surface area contributed by atoms with Gasteiger partial charge in [0.15, 0.2) is 8.94 Å². The molecule has 1 unspecified atom stereocenters. The molecule has 2 rings (SSSR count). The number of urea groups is 1. The number of benzene rings is 2. The molecule has 21 heavy (non-hydrogen) atoms. The van der Waals surface area contributed by atoms with E-state index in [0.29, 0.717) is 15.7 Å². The highest BCUT2D eigenvalue weighted by molar-refractivity contribution is 8.15.